The Bertz CT molecular complexity index is 829. The Hall–Kier alpha value is -3.33. The molecular weight excluding hydrogens is 454 g/mol. The molecule has 14 nitrogen and oxygen atoms in total. The van der Waals surface area contributed by atoms with Crippen molar-refractivity contribution >= 4 is 42.3 Å². The number of imidazole rings is 1. The van der Waals surface area contributed by atoms with Gasteiger partial charge in [0.25, 0.3) is 0 Å². The Labute approximate surface area is 195 Å². The highest BCUT2D eigenvalue weighted by Gasteiger charge is 2.29. The third-order valence-corrected chi connectivity index (χ3v) is 4.83. The molecule has 0 aliphatic carbocycles. The molecule has 0 aliphatic rings. The number of hydrogen-bond acceptors (Lipinski definition) is 8. The summed E-state index contributed by atoms with van der Waals surface area (Å²) >= 11 is 4.10. The number of carbonyl (C=O) groups excluding carboxylic acids is 3. The lowest BCUT2D eigenvalue weighted by Crippen LogP contribution is -2.58. The van der Waals surface area contributed by atoms with Gasteiger partial charge in [-0.05, 0) is 19.8 Å². The zero-order valence-corrected chi connectivity index (χ0v) is 19.0. The van der Waals surface area contributed by atoms with Crippen molar-refractivity contribution in [2.45, 2.75) is 50.4 Å². The number of amides is 3. The van der Waals surface area contributed by atoms with Gasteiger partial charge in [-0.3, -0.25) is 24.2 Å². The van der Waals surface area contributed by atoms with E-state index in [4.69, 9.17) is 22.3 Å². The Kier molecular flexibility index (Phi) is 11.7. The third-order valence-electron chi connectivity index (χ3n) is 4.46. The van der Waals surface area contributed by atoms with E-state index in [-0.39, 0.29) is 24.6 Å². The Morgan fingerprint density at radius 3 is 2.33 bits per heavy atom. The van der Waals surface area contributed by atoms with Crippen molar-refractivity contribution in [1.82, 2.24) is 25.9 Å². The highest BCUT2D eigenvalue weighted by molar-refractivity contribution is 7.80. The van der Waals surface area contributed by atoms with E-state index in [2.05, 4.69) is 43.5 Å². The van der Waals surface area contributed by atoms with E-state index in [9.17, 15) is 19.2 Å². The van der Waals surface area contributed by atoms with E-state index in [0.29, 0.717) is 18.7 Å². The molecule has 0 aromatic carbocycles. The van der Waals surface area contributed by atoms with E-state index in [1.165, 1.54) is 19.4 Å². The largest absolute Gasteiger partial charge is 0.480 e. The minimum Gasteiger partial charge on any atom is -0.480 e. The van der Waals surface area contributed by atoms with Crippen LogP contribution < -0.4 is 33.2 Å². The van der Waals surface area contributed by atoms with Crippen LogP contribution in [0.25, 0.3) is 0 Å². The van der Waals surface area contributed by atoms with E-state index in [1.807, 2.05) is 0 Å². The summed E-state index contributed by atoms with van der Waals surface area (Å²) in [5.74, 6) is -3.34. The number of carbonyl (C=O) groups is 4. The Morgan fingerprint density at radius 2 is 1.79 bits per heavy atom. The maximum Gasteiger partial charge on any atom is 0.325 e. The van der Waals surface area contributed by atoms with Crippen LogP contribution in [0.2, 0.25) is 0 Å². The van der Waals surface area contributed by atoms with Gasteiger partial charge in [0.15, 0.2) is 5.96 Å². The smallest absolute Gasteiger partial charge is 0.325 e. The van der Waals surface area contributed by atoms with E-state index in [1.54, 1.807) is 0 Å². The number of hydrogen-bond donors (Lipinski definition) is 9. The number of H-pyrrole nitrogens is 1. The van der Waals surface area contributed by atoms with Gasteiger partial charge in [0, 0.05) is 30.6 Å². The molecule has 3 amide bonds. The van der Waals surface area contributed by atoms with Gasteiger partial charge < -0.3 is 43.2 Å². The normalized spacial score (nSPS) is 14.3. The molecule has 0 fully saturated rings. The fraction of sp³-hybridized carbons (Fsp3) is 0.556. The van der Waals surface area contributed by atoms with Crippen molar-refractivity contribution in [3.63, 3.8) is 0 Å². The average Bonchev–Trinajstić information content (AvgIpc) is 3.26. The summed E-state index contributed by atoms with van der Waals surface area (Å²) in [5, 5.41) is 16.3. The molecule has 0 spiro atoms. The first-order chi connectivity index (χ1) is 15.5. The molecule has 15 heteroatoms. The monoisotopic (exact) mass is 485 g/mol. The maximum absolute atomic E-state index is 12.7. The van der Waals surface area contributed by atoms with Gasteiger partial charge in [-0.25, -0.2) is 4.98 Å². The number of carboxylic acid groups (broad SMARTS) is 1. The highest BCUT2D eigenvalue weighted by atomic mass is 32.1. The number of rotatable bonds is 14. The van der Waals surface area contributed by atoms with Gasteiger partial charge in [-0.2, -0.15) is 12.6 Å². The highest BCUT2D eigenvalue weighted by Crippen LogP contribution is 2.02. The maximum atomic E-state index is 12.7. The molecule has 33 heavy (non-hydrogen) atoms. The van der Waals surface area contributed by atoms with Gasteiger partial charge in [0.1, 0.15) is 18.1 Å². The topological polar surface area (TPSA) is 244 Å². The van der Waals surface area contributed by atoms with Crippen LogP contribution in [0.4, 0.5) is 0 Å². The zero-order chi connectivity index (χ0) is 25.0. The van der Waals surface area contributed by atoms with Crippen LogP contribution in [0.15, 0.2) is 17.5 Å². The van der Waals surface area contributed by atoms with Crippen LogP contribution in [0.5, 0.6) is 0 Å². The summed E-state index contributed by atoms with van der Waals surface area (Å²) in [6, 6.07) is -4.29. The fourth-order valence-corrected chi connectivity index (χ4v) is 2.85. The van der Waals surface area contributed by atoms with Gasteiger partial charge >= 0.3 is 5.97 Å². The number of aromatic amines is 1. The van der Waals surface area contributed by atoms with Crippen LogP contribution >= 0.6 is 12.6 Å². The van der Waals surface area contributed by atoms with E-state index in [0.717, 1.165) is 0 Å². The molecule has 0 radical (unpaired) electrons. The first-order valence-corrected chi connectivity index (χ1v) is 10.7. The molecule has 1 aromatic rings. The SMILES string of the molecule is CC(NC(=O)C(Cc1cnc[nH]1)NC(=O)C(CS)NC(=O)C(N)CCCN=C(N)N)C(=O)O. The van der Waals surface area contributed by atoms with Crippen LogP contribution in [0.3, 0.4) is 0 Å². The molecule has 1 rings (SSSR count). The van der Waals surface area contributed by atoms with Crippen molar-refractivity contribution in [2.75, 3.05) is 12.3 Å². The van der Waals surface area contributed by atoms with Crippen LogP contribution in [0, 0.1) is 0 Å². The summed E-state index contributed by atoms with van der Waals surface area (Å²) in [7, 11) is 0. The van der Waals surface area contributed by atoms with Gasteiger partial charge in [0.2, 0.25) is 17.7 Å². The first-order valence-electron chi connectivity index (χ1n) is 10.1. The second kappa shape index (κ2) is 13.9. The molecule has 11 N–H and O–H groups in total. The van der Waals surface area contributed by atoms with E-state index < -0.39 is 47.9 Å². The molecule has 1 heterocycles. The van der Waals surface area contributed by atoms with Crippen LogP contribution in [0.1, 0.15) is 25.5 Å². The Balaban J connectivity index is 2.77. The summed E-state index contributed by atoms with van der Waals surface area (Å²) in [5.41, 5.74) is 16.8. The fourth-order valence-electron chi connectivity index (χ4n) is 2.60. The number of carboxylic acids is 1. The number of aliphatic carboxylic acids is 1. The molecule has 0 saturated carbocycles. The quantitative estimate of drug-likeness (QED) is 0.0557. The number of nitrogens with zero attached hydrogens (tertiary/aromatic N) is 2. The number of nitrogens with two attached hydrogens (primary N) is 3. The lowest BCUT2D eigenvalue weighted by Gasteiger charge is -2.23. The summed E-state index contributed by atoms with van der Waals surface area (Å²) < 4.78 is 0. The minimum atomic E-state index is -1.23. The van der Waals surface area contributed by atoms with Crippen molar-refractivity contribution in [1.29, 1.82) is 0 Å². The number of nitrogens with one attached hydrogen (secondary N) is 4. The average molecular weight is 486 g/mol. The van der Waals surface area contributed by atoms with E-state index >= 15 is 0 Å². The molecule has 0 aliphatic heterocycles. The number of aromatic nitrogens is 2. The summed E-state index contributed by atoms with van der Waals surface area (Å²) in [4.78, 5) is 59.2. The predicted octanol–water partition coefficient (Wildman–Crippen LogP) is -3.18. The molecule has 0 bridgehead atoms. The third kappa shape index (κ3) is 10.2. The lowest BCUT2D eigenvalue weighted by atomic mass is 10.1. The van der Waals surface area contributed by atoms with Crippen LogP contribution in [-0.2, 0) is 25.6 Å². The molecule has 1 aromatic heterocycles. The summed E-state index contributed by atoms with van der Waals surface area (Å²) in [6.07, 6.45) is 3.62. The van der Waals surface area contributed by atoms with Gasteiger partial charge in [0.05, 0.1) is 12.4 Å². The van der Waals surface area contributed by atoms with Gasteiger partial charge in [-0.15, -0.1) is 0 Å². The van der Waals surface area contributed by atoms with Crippen molar-refractivity contribution in [2.24, 2.45) is 22.2 Å². The molecule has 4 unspecified atom stereocenters. The van der Waals surface area contributed by atoms with Crippen LogP contribution in [-0.4, -0.2) is 81.2 Å². The Morgan fingerprint density at radius 1 is 1.15 bits per heavy atom. The van der Waals surface area contributed by atoms with Gasteiger partial charge in [-0.1, -0.05) is 0 Å². The molecule has 0 saturated heterocycles. The van der Waals surface area contributed by atoms with Crippen molar-refractivity contribution < 1.29 is 24.3 Å². The number of thiol groups is 1. The standard InChI is InChI=1S/C18H31N9O5S/c1-9(17(31)32)25-15(29)12(5-10-6-22-8-24-10)26-16(30)13(7-33)27-14(28)11(19)3-2-4-23-18(20)21/h6,8-9,11-13,33H,2-5,7,19H2,1H3,(H,22,24)(H,25,29)(H,26,30)(H,27,28)(H,31,32)(H4,20,21,23). The second-order valence-electron chi connectivity index (χ2n) is 7.21. The van der Waals surface area contributed by atoms with Crippen molar-refractivity contribution in [3.8, 4) is 0 Å². The second-order valence-corrected chi connectivity index (χ2v) is 7.57. The molecule has 184 valence electrons. The first kappa shape index (κ1) is 27.7. The minimum absolute atomic E-state index is 0.0153. The number of guanidine groups is 1. The predicted molar refractivity (Wildman–Crippen MR) is 123 cm³/mol. The lowest BCUT2D eigenvalue weighted by molar-refractivity contribution is -0.141. The molecule has 4 atom stereocenters. The van der Waals surface area contributed by atoms with Crippen molar-refractivity contribution in [3.05, 3.63) is 18.2 Å². The molecular formula is C18H31N9O5S. The number of aliphatic imine (C=N–C) groups is 1. The summed E-state index contributed by atoms with van der Waals surface area (Å²) in [6.45, 7) is 1.60. The zero-order valence-electron chi connectivity index (χ0n) is 18.2.